The molecule has 1 aromatic rings. The van der Waals surface area contributed by atoms with Crippen molar-refractivity contribution in [2.45, 2.75) is 27.7 Å². The van der Waals surface area contributed by atoms with Crippen molar-refractivity contribution in [3.05, 3.63) is 24.4 Å². The molecule has 1 fully saturated rings. The van der Waals surface area contributed by atoms with Crippen LogP contribution in [-0.4, -0.2) is 43.1 Å². The molecule has 98 valence electrons. The maximum atomic E-state index is 4.33. The van der Waals surface area contributed by atoms with Crippen LogP contribution in [0.2, 0.25) is 0 Å². The average Bonchev–Trinajstić information content (AvgIpc) is 2.45. The Hall–Kier alpha value is -1.09. The molecule has 1 aliphatic rings. The van der Waals surface area contributed by atoms with Crippen LogP contribution in [0.15, 0.2) is 24.4 Å². The minimum Gasteiger partial charge on any atom is -0.354 e. The number of nitrogens with zero attached hydrogens (tertiary/aromatic N) is 3. The molecule has 0 radical (unpaired) electrons. The summed E-state index contributed by atoms with van der Waals surface area (Å²) >= 11 is 0. The lowest BCUT2D eigenvalue weighted by Crippen LogP contribution is -2.44. The molecule has 2 rings (SSSR count). The van der Waals surface area contributed by atoms with Gasteiger partial charge in [0.1, 0.15) is 5.82 Å². The van der Waals surface area contributed by atoms with Gasteiger partial charge in [-0.25, -0.2) is 4.98 Å². The molecule has 1 aliphatic heterocycles. The van der Waals surface area contributed by atoms with Crippen molar-refractivity contribution in [2.24, 2.45) is 0 Å². The quantitative estimate of drug-likeness (QED) is 0.748. The fraction of sp³-hybridized carbons (Fsp3) is 0.643. The molecule has 0 bridgehead atoms. The molecule has 0 unspecified atom stereocenters. The Kier molecular flexibility index (Phi) is 9.44. The Morgan fingerprint density at radius 3 is 2.00 bits per heavy atom. The first kappa shape index (κ1) is 15.9. The van der Waals surface area contributed by atoms with Gasteiger partial charge in [-0.05, 0) is 19.2 Å². The van der Waals surface area contributed by atoms with E-state index < -0.39 is 0 Å². The average molecular weight is 237 g/mol. The first-order valence-electron chi connectivity index (χ1n) is 6.71. The van der Waals surface area contributed by atoms with Gasteiger partial charge >= 0.3 is 0 Å². The Morgan fingerprint density at radius 1 is 0.941 bits per heavy atom. The standard InChI is InChI=1S/C10H15N3.2C2H6/c1-12-6-8-13(9-7-12)10-4-2-3-5-11-10;2*1-2/h2-5H,6-9H2,1H3;2*1-2H3. The predicted octanol–water partition coefficient (Wildman–Crippen LogP) is 2.89. The lowest BCUT2D eigenvalue weighted by Gasteiger charge is -2.33. The second-order valence-electron chi connectivity index (χ2n) is 3.48. The molecular weight excluding hydrogens is 210 g/mol. The molecule has 3 nitrogen and oxygen atoms in total. The first-order valence-corrected chi connectivity index (χ1v) is 6.71. The van der Waals surface area contributed by atoms with Gasteiger partial charge in [0.25, 0.3) is 0 Å². The smallest absolute Gasteiger partial charge is 0.128 e. The van der Waals surface area contributed by atoms with Crippen LogP contribution in [0.5, 0.6) is 0 Å². The van der Waals surface area contributed by atoms with Crippen molar-refractivity contribution in [1.29, 1.82) is 0 Å². The summed E-state index contributed by atoms with van der Waals surface area (Å²) in [5.41, 5.74) is 0. The van der Waals surface area contributed by atoms with Gasteiger partial charge in [-0.3, -0.25) is 0 Å². The van der Waals surface area contributed by atoms with Crippen LogP contribution in [0.4, 0.5) is 5.82 Å². The van der Waals surface area contributed by atoms with Crippen LogP contribution in [0.1, 0.15) is 27.7 Å². The summed E-state index contributed by atoms with van der Waals surface area (Å²) < 4.78 is 0. The molecule has 0 atom stereocenters. The molecule has 17 heavy (non-hydrogen) atoms. The molecule has 0 aromatic carbocycles. The number of piperazine rings is 1. The van der Waals surface area contributed by atoms with Crippen LogP contribution < -0.4 is 4.90 Å². The molecule has 1 aromatic heterocycles. The van der Waals surface area contributed by atoms with E-state index in [1.165, 1.54) is 0 Å². The van der Waals surface area contributed by atoms with Gasteiger partial charge in [-0.1, -0.05) is 33.8 Å². The van der Waals surface area contributed by atoms with E-state index in [1.54, 1.807) is 0 Å². The van der Waals surface area contributed by atoms with Gasteiger partial charge in [-0.15, -0.1) is 0 Å². The van der Waals surface area contributed by atoms with Crippen molar-refractivity contribution in [3.63, 3.8) is 0 Å². The summed E-state index contributed by atoms with van der Waals surface area (Å²) in [7, 11) is 2.16. The van der Waals surface area contributed by atoms with E-state index >= 15 is 0 Å². The molecule has 3 heteroatoms. The van der Waals surface area contributed by atoms with Gasteiger partial charge in [0.15, 0.2) is 0 Å². The van der Waals surface area contributed by atoms with E-state index in [0.717, 1.165) is 32.0 Å². The van der Waals surface area contributed by atoms with E-state index in [2.05, 4.69) is 27.9 Å². The molecule has 0 aliphatic carbocycles. The molecule has 0 N–H and O–H groups in total. The lowest BCUT2D eigenvalue weighted by molar-refractivity contribution is 0.312. The minimum absolute atomic E-state index is 1.09. The Bertz CT molecular complexity index is 253. The largest absolute Gasteiger partial charge is 0.354 e. The van der Waals surface area contributed by atoms with Gasteiger partial charge in [-0.2, -0.15) is 0 Å². The number of likely N-dealkylation sites (N-methyl/N-ethyl adjacent to an activating group) is 1. The van der Waals surface area contributed by atoms with E-state index in [1.807, 2.05) is 46.0 Å². The second kappa shape index (κ2) is 10.1. The van der Waals surface area contributed by atoms with Crippen molar-refractivity contribution in [2.75, 3.05) is 38.1 Å². The monoisotopic (exact) mass is 237 g/mol. The highest BCUT2D eigenvalue weighted by molar-refractivity contribution is 5.38. The highest BCUT2D eigenvalue weighted by Gasteiger charge is 2.14. The first-order chi connectivity index (χ1) is 8.36. The van der Waals surface area contributed by atoms with E-state index in [-0.39, 0.29) is 0 Å². The Morgan fingerprint density at radius 2 is 1.53 bits per heavy atom. The molecule has 1 saturated heterocycles. The zero-order chi connectivity index (χ0) is 13.1. The maximum absolute atomic E-state index is 4.33. The molecular formula is C14H27N3. The number of pyridine rings is 1. The van der Waals surface area contributed by atoms with E-state index in [9.17, 15) is 0 Å². The van der Waals surface area contributed by atoms with E-state index in [4.69, 9.17) is 0 Å². The minimum atomic E-state index is 1.09. The van der Waals surface area contributed by atoms with Crippen LogP contribution in [-0.2, 0) is 0 Å². The predicted molar refractivity (Wildman–Crippen MR) is 76.6 cm³/mol. The van der Waals surface area contributed by atoms with Crippen molar-refractivity contribution in [1.82, 2.24) is 9.88 Å². The number of hydrogen-bond acceptors (Lipinski definition) is 3. The van der Waals surface area contributed by atoms with Crippen molar-refractivity contribution >= 4 is 5.82 Å². The van der Waals surface area contributed by atoms with E-state index in [0.29, 0.717) is 0 Å². The van der Waals surface area contributed by atoms with Gasteiger partial charge < -0.3 is 9.80 Å². The van der Waals surface area contributed by atoms with Crippen LogP contribution in [0.25, 0.3) is 0 Å². The number of rotatable bonds is 1. The van der Waals surface area contributed by atoms with Gasteiger partial charge in [0.05, 0.1) is 0 Å². The van der Waals surface area contributed by atoms with Crippen LogP contribution in [0, 0.1) is 0 Å². The highest BCUT2D eigenvalue weighted by Crippen LogP contribution is 2.11. The highest BCUT2D eigenvalue weighted by atomic mass is 15.3. The Balaban J connectivity index is 0.000000581. The zero-order valence-electron chi connectivity index (χ0n) is 12.0. The lowest BCUT2D eigenvalue weighted by atomic mass is 10.3. The third kappa shape index (κ3) is 5.68. The SMILES string of the molecule is CC.CC.CN1CCN(c2ccccn2)CC1. The summed E-state index contributed by atoms with van der Waals surface area (Å²) in [6, 6.07) is 6.07. The normalized spacial score (nSPS) is 15.2. The fourth-order valence-corrected chi connectivity index (χ4v) is 1.58. The Labute approximate surface area is 106 Å². The summed E-state index contributed by atoms with van der Waals surface area (Å²) in [6.07, 6.45) is 1.85. The van der Waals surface area contributed by atoms with Crippen LogP contribution >= 0.6 is 0 Å². The molecule has 0 amide bonds. The number of aromatic nitrogens is 1. The van der Waals surface area contributed by atoms with Crippen LogP contribution in [0.3, 0.4) is 0 Å². The fourth-order valence-electron chi connectivity index (χ4n) is 1.58. The summed E-state index contributed by atoms with van der Waals surface area (Å²) in [4.78, 5) is 9.01. The molecule has 0 spiro atoms. The maximum Gasteiger partial charge on any atom is 0.128 e. The summed E-state index contributed by atoms with van der Waals surface area (Å²) in [6.45, 7) is 12.5. The second-order valence-corrected chi connectivity index (χ2v) is 3.48. The topological polar surface area (TPSA) is 19.4 Å². The number of anilines is 1. The molecule has 2 heterocycles. The zero-order valence-corrected chi connectivity index (χ0v) is 12.0. The molecule has 0 saturated carbocycles. The summed E-state index contributed by atoms with van der Waals surface area (Å²) in [5.74, 6) is 1.11. The third-order valence-corrected chi connectivity index (χ3v) is 2.48. The van der Waals surface area contributed by atoms with Gasteiger partial charge in [0.2, 0.25) is 0 Å². The van der Waals surface area contributed by atoms with Crippen molar-refractivity contribution < 1.29 is 0 Å². The number of hydrogen-bond donors (Lipinski definition) is 0. The van der Waals surface area contributed by atoms with Crippen molar-refractivity contribution in [3.8, 4) is 0 Å². The third-order valence-electron chi connectivity index (χ3n) is 2.48. The van der Waals surface area contributed by atoms with Gasteiger partial charge in [0, 0.05) is 32.4 Å². The summed E-state index contributed by atoms with van der Waals surface area (Å²) in [5, 5.41) is 0.